The highest BCUT2D eigenvalue weighted by atomic mass is 32.2. The summed E-state index contributed by atoms with van der Waals surface area (Å²) in [5.41, 5.74) is 1.88. The molecule has 0 unspecified atom stereocenters. The number of fused-ring (bicyclic) bond motifs is 1. The van der Waals surface area contributed by atoms with E-state index in [4.69, 9.17) is 4.74 Å². The maximum absolute atomic E-state index is 13.3. The first kappa shape index (κ1) is 19.0. The zero-order chi connectivity index (χ0) is 19.7. The highest BCUT2D eigenvalue weighted by Gasteiger charge is 2.29. The number of aryl methyl sites for hydroxylation is 1. The molecule has 0 bridgehead atoms. The van der Waals surface area contributed by atoms with Crippen molar-refractivity contribution in [3.8, 4) is 5.75 Å². The Balaban J connectivity index is 1.69. The van der Waals surface area contributed by atoms with Crippen LogP contribution in [0.25, 0.3) is 0 Å². The van der Waals surface area contributed by atoms with Crippen LogP contribution in [0.2, 0.25) is 0 Å². The second-order valence-electron chi connectivity index (χ2n) is 7.21. The molecule has 148 valence electrons. The average Bonchev–Trinajstić information content (AvgIpc) is 2.73. The molecular formula is C21H24N2O4S. The molecule has 0 spiro atoms. The van der Waals surface area contributed by atoms with E-state index in [2.05, 4.69) is 0 Å². The summed E-state index contributed by atoms with van der Waals surface area (Å²) in [6.45, 7) is 3.75. The van der Waals surface area contributed by atoms with Crippen molar-refractivity contribution in [3.63, 3.8) is 0 Å². The van der Waals surface area contributed by atoms with Gasteiger partial charge in [-0.1, -0.05) is 24.6 Å². The Bertz CT molecular complexity index is 997. The van der Waals surface area contributed by atoms with Crippen molar-refractivity contribution in [2.75, 3.05) is 31.1 Å². The minimum Gasteiger partial charge on any atom is -0.490 e. The summed E-state index contributed by atoms with van der Waals surface area (Å²) < 4.78 is 33.2. The number of carbonyl (C=O) groups is 1. The summed E-state index contributed by atoms with van der Waals surface area (Å²) in [4.78, 5) is 15.2. The van der Waals surface area contributed by atoms with Crippen molar-refractivity contribution in [2.45, 2.75) is 31.1 Å². The maximum atomic E-state index is 13.3. The Morgan fingerprint density at radius 1 is 1.00 bits per heavy atom. The van der Waals surface area contributed by atoms with Crippen LogP contribution in [0.15, 0.2) is 47.4 Å². The summed E-state index contributed by atoms with van der Waals surface area (Å²) in [7, 11) is -3.59. The number of carbonyl (C=O) groups excluding carboxylic acids is 1. The molecule has 1 amide bonds. The van der Waals surface area contributed by atoms with Crippen LogP contribution >= 0.6 is 0 Å². The summed E-state index contributed by atoms with van der Waals surface area (Å²) in [6, 6.07) is 12.2. The molecular weight excluding hydrogens is 376 g/mol. The molecule has 2 aromatic carbocycles. The second-order valence-corrected chi connectivity index (χ2v) is 9.15. The molecule has 0 atom stereocenters. The van der Waals surface area contributed by atoms with Crippen molar-refractivity contribution in [1.82, 2.24) is 4.31 Å². The number of amides is 1. The average molecular weight is 401 g/mol. The third-order valence-corrected chi connectivity index (χ3v) is 7.26. The van der Waals surface area contributed by atoms with Crippen LogP contribution in [0.4, 0.5) is 5.69 Å². The number of rotatable bonds is 3. The molecule has 0 saturated carbocycles. The summed E-state index contributed by atoms with van der Waals surface area (Å²) >= 11 is 0. The number of benzene rings is 2. The van der Waals surface area contributed by atoms with Gasteiger partial charge in [-0.15, -0.1) is 0 Å². The smallest absolute Gasteiger partial charge is 0.258 e. The largest absolute Gasteiger partial charge is 0.490 e. The van der Waals surface area contributed by atoms with E-state index in [1.807, 2.05) is 31.2 Å². The molecule has 1 saturated heterocycles. The maximum Gasteiger partial charge on any atom is 0.258 e. The van der Waals surface area contributed by atoms with Crippen LogP contribution < -0.4 is 9.64 Å². The van der Waals surface area contributed by atoms with E-state index in [0.29, 0.717) is 43.2 Å². The van der Waals surface area contributed by atoms with Gasteiger partial charge in [0, 0.05) is 18.7 Å². The van der Waals surface area contributed by atoms with Crippen molar-refractivity contribution in [2.24, 2.45) is 0 Å². The normalized spacial score (nSPS) is 17.7. The number of hydrogen-bond donors (Lipinski definition) is 0. The van der Waals surface area contributed by atoms with E-state index >= 15 is 0 Å². The highest BCUT2D eigenvalue weighted by molar-refractivity contribution is 7.89. The van der Waals surface area contributed by atoms with Gasteiger partial charge in [-0.25, -0.2) is 8.42 Å². The third-order valence-electron chi connectivity index (χ3n) is 5.37. The quantitative estimate of drug-likeness (QED) is 0.794. The van der Waals surface area contributed by atoms with Crippen LogP contribution in [0.1, 0.15) is 35.2 Å². The molecule has 28 heavy (non-hydrogen) atoms. The molecule has 1 fully saturated rings. The van der Waals surface area contributed by atoms with Crippen LogP contribution in [-0.4, -0.2) is 44.9 Å². The summed E-state index contributed by atoms with van der Waals surface area (Å²) in [5.74, 6) is 0.459. The lowest BCUT2D eigenvalue weighted by Gasteiger charge is -2.30. The molecule has 7 heteroatoms. The van der Waals surface area contributed by atoms with E-state index in [0.717, 1.165) is 24.8 Å². The van der Waals surface area contributed by atoms with Gasteiger partial charge >= 0.3 is 0 Å². The standard InChI is InChI=1S/C21H24N2O4S/c1-16-9-10-17(28(25,26)22-11-5-2-6-12-22)15-18(16)21(24)23-13-14-27-20-8-4-3-7-19(20)23/h3-4,7-10,15H,2,5-6,11-14H2,1H3. The number of anilines is 1. The molecule has 2 heterocycles. The Morgan fingerprint density at radius 2 is 1.75 bits per heavy atom. The fourth-order valence-corrected chi connectivity index (χ4v) is 5.32. The molecule has 0 N–H and O–H groups in total. The van der Waals surface area contributed by atoms with Gasteiger partial charge in [0.25, 0.3) is 5.91 Å². The van der Waals surface area contributed by atoms with Gasteiger partial charge in [0.05, 0.1) is 17.1 Å². The first-order valence-corrected chi connectivity index (χ1v) is 11.1. The fourth-order valence-electron chi connectivity index (χ4n) is 3.77. The third kappa shape index (κ3) is 3.40. The molecule has 2 aromatic rings. The number of piperidine rings is 1. The monoisotopic (exact) mass is 400 g/mol. The van der Waals surface area contributed by atoms with Crippen LogP contribution in [0.3, 0.4) is 0 Å². The molecule has 2 aliphatic heterocycles. The minimum absolute atomic E-state index is 0.185. The van der Waals surface area contributed by atoms with Crippen molar-refractivity contribution < 1.29 is 17.9 Å². The predicted octanol–water partition coefficient (Wildman–Crippen LogP) is 3.21. The zero-order valence-corrected chi connectivity index (χ0v) is 16.7. The van der Waals surface area contributed by atoms with E-state index in [9.17, 15) is 13.2 Å². The number of sulfonamides is 1. The molecule has 2 aliphatic rings. The topological polar surface area (TPSA) is 66.9 Å². The van der Waals surface area contributed by atoms with Gasteiger partial charge in [-0.05, 0) is 49.6 Å². The number of hydrogen-bond acceptors (Lipinski definition) is 4. The van der Waals surface area contributed by atoms with E-state index in [-0.39, 0.29) is 10.8 Å². The van der Waals surface area contributed by atoms with Gasteiger partial charge in [-0.3, -0.25) is 4.79 Å². The van der Waals surface area contributed by atoms with Gasteiger partial charge in [0.2, 0.25) is 10.0 Å². The van der Waals surface area contributed by atoms with Crippen molar-refractivity contribution >= 4 is 21.6 Å². The van der Waals surface area contributed by atoms with Crippen LogP contribution in [0.5, 0.6) is 5.75 Å². The highest BCUT2D eigenvalue weighted by Crippen LogP contribution is 2.33. The number of nitrogens with zero attached hydrogens (tertiary/aromatic N) is 2. The Kier molecular flexibility index (Phi) is 5.12. The van der Waals surface area contributed by atoms with E-state index in [1.165, 1.54) is 10.4 Å². The van der Waals surface area contributed by atoms with Gasteiger partial charge in [0.1, 0.15) is 12.4 Å². The van der Waals surface area contributed by atoms with E-state index in [1.54, 1.807) is 17.0 Å². The minimum atomic E-state index is -3.59. The van der Waals surface area contributed by atoms with Gasteiger partial charge in [0.15, 0.2) is 0 Å². The first-order chi connectivity index (χ1) is 13.5. The Hall–Kier alpha value is -2.38. The second kappa shape index (κ2) is 7.56. The molecule has 0 radical (unpaired) electrons. The van der Waals surface area contributed by atoms with Gasteiger partial charge < -0.3 is 9.64 Å². The van der Waals surface area contributed by atoms with E-state index < -0.39 is 10.0 Å². The Labute approximate surface area is 165 Å². The van der Waals surface area contributed by atoms with Crippen LogP contribution in [-0.2, 0) is 10.0 Å². The SMILES string of the molecule is Cc1ccc(S(=O)(=O)N2CCCCC2)cc1C(=O)N1CCOc2ccccc21. The lowest BCUT2D eigenvalue weighted by Crippen LogP contribution is -2.38. The zero-order valence-electron chi connectivity index (χ0n) is 15.9. The van der Waals surface area contributed by atoms with Crippen molar-refractivity contribution in [1.29, 1.82) is 0 Å². The van der Waals surface area contributed by atoms with Crippen LogP contribution in [0, 0.1) is 6.92 Å². The summed E-state index contributed by atoms with van der Waals surface area (Å²) in [6.07, 6.45) is 2.81. The molecule has 0 aromatic heterocycles. The van der Waals surface area contributed by atoms with Gasteiger partial charge in [-0.2, -0.15) is 4.31 Å². The molecule has 4 rings (SSSR count). The lowest BCUT2D eigenvalue weighted by atomic mass is 10.1. The fraction of sp³-hybridized carbons (Fsp3) is 0.381. The lowest BCUT2D eigenvalue weighted by molar-refractivity contribution is 0.0976. The number of ether oxygens (including phenoxy) is 1. The molecule has 6 nitrogen and oxygen atoms in total. The predicted molar refractivity (Wildman–Crippen MR) is 107 cm³/mol. The number of para-hydroxylation sites is 2. The Morgan fingerprint density at radius 3 is 2.54 bits per heavy atom. The molecule has 0 aliphatic carbocycles. The van der Waals surface area contributed by atoms with Crippen molar-refractivity contribution in [3.05, 3.63) is 53.6 Å². The summed E-state index contributed by atoms with van der Waals surface area (Å²) in [5, 5.41) is 0. The first-order valence-electron chi connectivity index (χ1n) is 9.63.